The van der Waals surface area contributed by atoms with E-state index in [2.05, 4.69) is 26.6 Å². The Labute approximate surface area is 154 Å². The van der Waals surface area contributed by atoms with Crippen LogP contribution in [-0.2, 0) is 4.74 Å². The van der Waals surface area contributed by atoms with Gasteiger partial charge in [-0.2, -0.15) is 0 Å². The van der Waals surface area contributed by atoms with E-state index in [1.54, 1.807) is 12.3 Å². The van der Waals surface area contributed by atoms with Crippen molar-refractivity contribution in [1.82, 2.24) is 10.3 Å². The van der Waals surface area contributed by atoms with Crippen molar-refractivity contribution in [2.45, 2.75) is 26.3 Å². The second kappa shape index (κ2) is 8.67. The van der Waals surface area contributed by atoms with Crippen molar-refractivity contribution >= 4 is 23.1 Å². The number of ether oxygens (including phenoxy) is 1. The van der Waals surface area contributed by atoms with Crippen molar-refractivity contribution in [3.63, 3.8) is 0 Å². The molecule has 1 aromatic heterocycles. The van der Waals surface area contributed by atoms with Crippen LogP contribution < -0.4 is 15.5 Å². The summed E-state index contributed by atoms with van der Waals surface area (Å²) in [6, 6.07) is 12.0. The quantitative estimate of drug-likeness (QED) is 0.834. The third-order valence-electron chi connectivity index (χ3n) is 4.53. The normalized spacial score (nSPS) is 15.4. The van der Waals surface area contributed by atoms with E-state index in [4.69, 9.17) is 4.74 Å². The van der Waals surface area contributed by atoms with Crippen LogP contribution in [0.4, 0.5) is 17.2 Å². The van der Waals surface area contributed by atoms with Crippen molar-refractivity contribution in [3.8, 4) is 0 Å². The molecule has 0 radical (unpaired) electrons. The standard InChI is InChI=1S/C20H26N4O2/c1-3-15(2)22-20(25)16-8-9-19(21-14-16)23-17-6-4-5-7-18(17)24-10-12-26-13-11-24/h4-9,14-15H,3,10-13H2,1-2H3,(H,21,23)(H,22,25). The molecule has 3 rings (SSSR count). The number of hydrogen-bond acceptors (Lipinski definition) is 5. The first-order valence-corrected chi connectivity index (χ1v) is 9.13. The van der Waals surface area contributed by atoms with Crippen molar-refractivity contribution in [2.75, 3.05) is 36.5 Å². The van der Waals surface area contributed by atoms with Gasteiger partial charge in [0.15, 0.2) is 0 Å². The first-order chi connectivity index (χ1) is 12.7. The molecule has 1 amide bonds. The summed E-state index contributed by atoms with van der Waals surface area (Å²) in [5.74, 6) is 0.623. The Kier molecular flexibility index (Phi) is 6.07. The molecule has 1 fully saturated rings. The number of benzene rings is 1. The van der Waals surface area contributed by atoms with Crippen molar-refractivity contribution in [3.05, 3.63) is 48.2 Å². The molecule has 1 aliphatic heterocycles. The fourth-order valence-electron chi connectivity index (χ4n) is 2.81. The molecule has 1 saturated heterocycles. The molecule has 0 saturated carbocycles. The Hall–Kier alpha value is -2.60. The van der Waals surface area contributed by atoms with Crippen molar-refractivity contribution < 1.29 is 9.53 Å². The number of nitrogens with zero attached hydrogens (tertiary/aromatic N) is 2. The van der Waals surface area contributed by atoms with E-state index >= 15 is 0 Å². The molecule has 6 nitrogen and oxygen atoms in total. The second-order valence-electron chi connectivity index (χ2n) is 6.46. The summed E-state index contributed by atoms with van der Waals surface area (Å²) in [7, 11) is 0. The van der Waals surface area contributed by atoms with Crippen LogP contribution in [0.15, 0.2) is 42.6 Å². The maximum absolute atomic E-state index is 12.2. The number of rotatable bonds is 6. The van der Waals surface area contributed by atoms with Crippen LogP contribution in [0.2, 0.25) is 0 Å². The van der Waals surface area contributed by atoms with Crippen molar-refractivity contribution in [1.29, 1.82) is 0 Å². The van der Waals surface area contributed by atoms with E-state index in [0.717, 1.165) is 44.1 Å². The number of para-hydroxylation sites is 2. The predicted molar refractivity (Wildman–Crippen MR) is 104 cm³/mol. The Morgan fingerprint density at radius 2 is 2.00 bits per heavy atom. The van der Waals surface area contributed by atoms with Crippen LogP contribution in [0.25, 0.3) is 0 Å². The lowest BCUT2D eigenvalue weighted by Crippen LogP contribution is -2.36. The molecular weight excluding hydrogens is 328 g/mol. The molecule has 0 bridgehead atoms. The lowest BCUT2D eigenvalue weighted by atomic mass is 10.2. The number of hydrogen-bond donors (Lipinski definition) is 2. The van der Waals surface area contributed by atoms with Gasteiger partial charge in [-0.3, -0.25) is 4.79 Å². The highest BCUT2D eigenvalue weighted by Crippen LogP contribution is 2.28. The van der Waals surface area contributed by atoms with Gasteiger partial charge in [-0.25, -0.2) is 4.98 Å². The molecule has 0 aliphatic carbocycles. The Morgan fingerprint density at radius 3 is 2.69 bits per heavy atom. The monoisotopic (exact) mass is 354 g/mol. The Morgan fingerprint density at radius 1 is 1.23 bits per heavy atom. The Balaban J connectivity index is 1.70. The van der Waals surface area contributed by atoms with E-state index in [1.165, 1.54) is 0 Å². The molecule has 2 aromatic rings. The smallest absolute Gasteiger partial charge is 0.253 e. The number of carbonyl (C=O) groups excluding carboxylic acids is 1. The summed E-state index contributed by atoms with van der Waals surface area (Å²) >= 11 is 0. The minimum absolute atomic E-state index is 0.0906. The number of pyridine rings is 1. The van der Waals surface area contributed by atoms with Gasteiger partial charge in [0, 0.05) is 25.3 Å². The second-order valence-corrected chi connectivity index (χ2v) is 6.46. The van der Waals surface area contributed by atoms with Gasteiger partial charge in [-0.05, 0) is 37.6 Å². The van der Waals surface area contributed by atoms with Gasteiger partial charge in [0.25, 0.3) is 5.91 Å². The zero-order valence-corrected chi connectivity index (χ0v) is 15.4. The molecule has 6 heteroatoms. The molecule has 2 N–H and O–H groups in total. The first kappa shape index (κ1) is 18.2. The summed E-state index contributed by atoms with van der Waals surface area (Å²) in [4.78, 5) is 18.9. The van der Waals surface area contributed by atoms with E-state index in [0.29, 0.717) is 11.4 Å². The topological polar surface area (TPSA) is 66.5 Å². The molecule has 0 spiro atoms. The van der Waals surface area contributed by atoms with Crippen LogP contribution in [0.3, 0.4) is 0 Å². The third-order valence-corrected chi connectivity index (χ3v) is 4.53. The van der Waals surface area contributed by atoms with E-state index in [-0.39, 0.29) is 11.9 Å². The molecule has 1 aromatic carbocycles. The maximum Gasteiger partial charge on any atom is 0.253 e. The van der Waals surface area contributed by atoms with E-state index in [1.807, 2.05) is 38.1 Å². The lowest BCUT2D eigenvalue weighted by molar-refractivity contribution is 0.0939. The predicted octanol–water partition coefficient (Wildman–Crippen LogP) is 3.19. The van der Waals surface area contributed by atoms with Crippen LogP contribution >= 0.6 is 0 Å². The zero-order valence-electron chi connectivity index (χ0n) is 15.4. The van der Waals surface area contributed by atoms with Crippen LogP contribution in [0.1, 0.15) is 30.6 Å². The fourth-order valence-corrected chi connectivity index (χ4v) is 2.81. The third kappa shape index (κ3) is 4.52. The molecule has 2 heterocycles. The number of morpholine rings is 1. The average Bonchev–Trinajstić information content (AvgIpc) is 2.69. The molecule has 1 aliphatic rings. The SMILES string of the molecule is CCC(C)NC(=O)c1ccc(Nc2ccccc2N2CCOCC2)nc1. The fraction of sp³-hybridized carbons (Fsp3) is 0.400. The first-order valence-electron chi connectivity index (χ1n) is 9.13. The average molecular weight is 354 g/mol. The lowest BCUT2D eigenvalue weighted by Gasteiger charge is -2.30. The summed E-state index contributed by atoms with van der Waals surface area (Å²) in [6.07, 6.45) is 2.51. The summed E-state index contributed by atoms with van der Waals surface area (Å²) < 4.78 is 5.44. The summed E-state index contributed by atoms with van der Waals surface area (Å²) in [6.45, 7) is 7.27. The molecular formula is C20H26N4O2. The minimum Gasteiger partial charge on any atom is -0.378 e. The van der Waals surface area contributed by atoms with Gasteiger partial charge in [-0.1, -0.05) is 19.1 Å². The number of aromatic nitrogens is 1. The van der Waals surface area contributed by atoms with E-state index < -0.39 is 0 Å². The highest BCUT2D eigenvalue weighted by Gasteiger charge is 2.15. The largest absolute Gasteiger partial charge is 0.378 e. The highest BCUT2D eigenvalue weighted by molar-refractivity contribution is 5.94. The summed E-state index contributed by atoms with van der Waals surface area (Å²) in [5.41, 5.74) is 2.70. The highest BCUT2D eigenvalue weighted by atomic mass is 16.5. The van der Waals surface area contributed by atoms with Gasteiger partial charge in [0.1, 0.15) is 5.82 Å². The van der Waals surface area contributed by atoms with Crippen molar-refractivity contribution in [2.24, 2.45) is 0 Å². The van der Waals surface area contributed by atoms with Gasteiger partial charge in [-0.15, -0.1) is 0 Å². The maximum atomic E-state index is 12.2. The summed E-state index contributed by atoms with van der Waals surface area (Å²) in [5, 5.41) is 6.31. The molecule has 1 atom stereocenters. The molecule has 1 unspecified atom stereocenters. The van der Waals surface area contributed by atoms with Crippen LogP contribution in [0.5, 0.6) is 0 Å². The van der Waals surface area contributed by atoms with Gasteiger partial charge in [0.2, 0.25) is 0 Å². The number of carbonyl (C=O) groups is 1. The van der Waals surface area contributed by atoms with Gasteiger partial charge < -0.3 is 20.3 Å². The zero-order chi connectivity index (χ0) is 18.4. The van der Waals surface area contributed by atoms with Gasteiger partial charge in [0.05, 0.1) is 30.2 Å². The van der Waals surface area contributed by atoms with Crippen LogP contribution in [-0.4, -0.2) is 43.2 Å². The molecule has 26 heavy (non-hydrogen) atoms. The van der Waals surface area contributed by atoms with Gasteiger partial charge >= 0.3 is 0 Å². The number of nitrogens with one attached hydrogen (secondary N) is 2. The molecule has 138 valence electrons. The van der Waals surface area contributed by atoms with E-state index in [9.17, 15) is 4.79 Å². The Bertz CT molecular complexity index is 727. The number of anilines is 3. The van der Waals surface area contributed by atoms with Crippen LogP contribution in [0, 0.1) is 0 Å². The minimum atomic E-state index is -0.0906. The number of amides is 1.